The summed E-state index contributed by atoms with van der Waals surface area (Å²) in [4.78, 5) is 10.9. The van der Waals surface area contributed by atoms with Crippen molar-refractivity contribution in [3.05, 3.63) is 0 Å². The van der Waals surface area contributed by atoms with E-state index >= 15 is 0 Å². The predicted octanol–water partition coefficient (Wildman–Crippen LogP) is 5.77. The highest BCUT2D eigenvalue weighted by atomic mass is 16.1. The monoisotopic (exact) mass is 278 g/mol. The molecular formula is C19H34O. The van der Waals surface area contributed by atoms with Gasteiger partial charge in [0, 0.05) is 5.92 Å². The molecule has 0 radical (unpaired) electrons. The van der Waals surface area contributed by atoms with Gasteiger partial charge in [-0.1, -0.05) is 71.1 Å². The van der Waals surface area contributed by atoms with Crippen molar-refractivity contribution in [2.75, 3.05) is 0 Å². The van der Waals surface area contributed by atoms with Crippen LogP contribution >= 0.6 is 0 Å². The minimum Gasteiger partial charge on any atom is -0.303 e. The minimum absolute atomic E-state index is 0.386. The summed E-state index contributed by atoms with van der Waals surface area (Å²) in [5.41, 5.74) is 0. The molecule has 2 fully saturated rings. The summed E-state index contributed by atoms with van der Waals surface area (Å²) in [6.07, 6.45) is 19.3. The molecule has 4 atom stereocenters. The molecule has 0 amide bonds. The summed E-state index contributed by atoms with van der Waals surface area (Å²) in [6.45, 7) is 2.33. The Morgan fingerprint density at radius 3 is 2.10 bits per heavy atom. The Morgan fingerprint density at radius 1 is 0.850 bits per heavy atom. The molecule has 2 rings (SSSR count). The second-order valence-corrected chi connectivity index (χ2v) is 7.55. The lowest BCUT2D eigenvalue weighted by atomic mass is 9.76. The second kappa shape index (κ2) is 8.85. The van der Waals surface area contributed by atoms with Gasteiger partial charge >= 0.3 is 0 Å². The van der Waals surface area contributed by atoms with Crippen molar-refractivity contribution in [1.82, 2.24) is 0 Å². The average molecular weight is 278 g/mol. The first-order valence-corrected chi connectivity index (χ1v) is 9.27. The minimum atomic E-state index is 0.386. The molecule has 20 heavy (non-hydrogen) atoms. The van der Waals surface area contributed by atoms with Crippen LogP contribution in [0, 0.1) is 23.7 Å². The summed E-state index contributed by atoms with van der Waals surface area (Å²) in [5.74, 6) is 3.30. The third-order valence-electron chi connectivity index (χ3n) is 5.83. The maximum Gasteiger partial charge on any atom is 0.123 e. The Hall–Kier alpha value is -0.330. The first kappa shape index (κ1) is 16.0. The molecule has 0 bridgehead atoms. The van der Waals surface area contributed by atoms with Gasteiger partial charge in [-0.3, -0.25) is 0 Å². The van der Waals surface area contributed by atoms with Crippen molar-refractivity contribution in [2.45, 2.75) is 90.4 Å². The van der Waals surface area contributed by atoms with E-state index in [1.807, 2.05) is 0 Å². The fraction of sp³-hybridized carbons (Fsp3) is 0.947. The number of carbonyl (C=O) groups excluding carboxylic acids is 1. The summed E-state index contributed by atoms with van der Waals surface area (Å²) in [7, 11) is 0. The lowest BCUT2D eigenvalue weighted by molar-refractivity contribution is -0.112. The molecule has 0 aliphatic heterocycles. The highest BCUT2D eigenvalue weighted by Gasteiger charge is 2.23. The zero-order chi connectivity index (χ0) is 14.2. The highest BCUT2D eigenvalue weighted by molar-refractivity contribution is 5.53. The fourth-order valence-corrected chi connectivity index (χ4v) is 4.75. The molecule has 0 aromatic rings. The van der Waals surface area contributed by atoms with Crippen LogP contribution in [0.15, 0.2) is 0 Å². The second-order valence-electron chi connectivity index (χ2n) is 7.55. The summed E-state index contributed by atoms with van der Waals surface area (Å²) < 4.78 is 0. The van der Waals surface area contributed by atoms with Crippen LogP contribution in [-0.2, 0) is 4.79 Å². The van der Waals surface area contributed by atoms with Crippen LogP contribution in [0.1, 0.15) is 90.4 Å². The van der Waals surface area contributed by atoms with E-state index in [4.69, 9.17) is 0 Å². The molecule has 0 N–H and O–H groups in total. The normalized spacial score (nSPS) is 34.9. The van der Waals surface area contributed by atoms with Gasteiger partial charge in [0.05, 0.1) is 0 Å². The van der Waals surface area contributed by atoms with E-state index in [9.17, 15) is 4.79 Å². The van der Waals surface area contributed by atoms with Crippen LogP contribution in [0.3, 0.4) is 0 Å². The van der Waals surface area contributed by atoms with Crippen LogP contribution in [0.4, 0.5) is 0 Å². The number of hydrogen-bond donors (Lipinski definition) is 0. The number of aldehydes is 1. The molecule has 1 nitrogen and oxygen atoms in total. The molecule has 116 valence electrons. The zero-order valence-electron chi connectivity index (χ0n) is 13.5. The molecular weight excluding hydrogens is 244 g/mol. The maximum absolute atomic E-state index is 10.9. The number of rotatable bonds is 7. The Kier molecular flexibility index (Phi) is 7.10. The first-order chi connectivity index (χ1) is 9.81. The van der Waals surface area contributed by atoms with E-state index in [1.54, 1.807) is 0 Å². The van der Waals surface area contributed by atoms with Gasteiger partial charge in [-0.2, -0.15) is 0 Å². The lowest BCUT2D eigenvalue weighted by Crippen LogP contribution is -2.18. The molecule has 0 aromatic heterocycles. The molecule has 1 heteroatoms. The third-order valence-corrected chi connectivity index (χ3v) is 5.83. The Morgan fingerprint density at radius 2 is 1.45 bits per heavy atom. The van der Waals surface area contributed by atoms with E-state index in [-0.39, 0.29) is 0 Å². The average Bonchev–Trinajstić information content (AvgIpc) is 2.48. The van der Waals surface area contributed by atoms with Crippen molar-refractivity contribution >= 4 is 6.29 Å². The standard InChI is InChI=1S/C19H34O/c1-2-6-16-7-3-8-17(13-16)9-4-10-18-11-5-12-19(14-18)15-20/h15-19H,2-14H2,1H3. The largest absolute Gasteiger partial charge is 0.303 e. The number of hydrogen-bond acceptors (Lipinski definition) is 1. The van der Waals surface area contributed by atoms with Crippen LogP contribution in [0.5, 0.6) is 0 Å². The molecule has 2 aliphatic carbocycles. The lowest BCUT2D eigenvalue weighted by Gasteiger charge is -2.30. The van der Waals surface area contributed by atoms with Crippen LogP contribution < -0.4 is 0 Å². The summed E-state index contributed by atoms with van der Waals surface area (Å²) in [6, 6.07) is 0. The highest BCUT2D eigenvalue weighted by Crippen LogP contribution is 2.36. The van der Waals surface area contributed by atoms with Crippen LogP contribution in [0.2, 0.25) is 0 Å². The van der Waals surface area contributed by atoms with Gasteiger partial charge in [0.15, 0.2) is 0 Å². The fourth-order valence-electron chi connectivity index (χ4n) is 4.75. The van der Waals surface area contributed by atoms with Gasteiger partial charge < -0.3 is 4.79 Å². The van der Waals surface area contributed by atoms with Crippen LogP contribution in [-0.4, -0.2) is 6.29 Å². The van der Waals surface area contributed by atoms with E-state index in [0.717, 1.165) is 24.2 Å². The van der Waals surface area contributed by atoms with Gasteiger partial charge in [-0.25, -0.2) is 0 Å². The van der Waals surface area contributed by atoms with Crippen molar-refractivity contribution in [1.29, 1.82) is 0 Å². The van der Waals surface area contributed by atoms with Crippen molar-refractivity contribution in [3.63, 3.8) is 0 Å². The predicted molar refractivity (Wildman–Crippen MR) is 85.7 cm³/mol. The van der Waals surface area contributed by atoms with Gasteiger partial charge in [0.25, 0.3) is 0 Å². The van der Waals surface area contributed by atoms with E-state index in [0.29, 0.717) is 5.92 Å². The molecule has 2 aliphatic rings. The van der Waals surface area contributed by atoms with E-state index in [2.05, 4.69) is 6.92 Å². The SMILES string of the molecule is CCCC1CCCC(CCCC2CCCC(C=O)C2)C1. The summed E-state index contributed by atoms with van der Waals surface area (Å²) >= 11 is 0. The molecule has 0 spiro atoms. The number of carbonyl (C=O) groups is 1. The Bertz CT molecular complexity index is 271. The van der Waals surface area contributed by atoms with Crippen molar-refractivity contribution in [2.24, 2.45) is 23.7 Å². The molecule has 4 unspecified atom stereocenters. The van der Waals surface area contributed by atoms with E-state index < -0.39 is 0 Å². The van der Waals surface area contributed by atoms with Gasteiger partial charge in [0.1, 0.15) is 6.29 Å². The quantitative estimate of drug-likeness (QED) is 0.540. The van der Waals surface area contributed by atoms with Crippen molar-refractivity contribution in [3.8, 4) is 0 Å². The van der Waals surface area contributed by atoms with Gasteiger partial charge in [-0.05, 0) is 37.0 Å². The maximum atomic E-state index is 10.9. The topological polar surface area (TPSA) is 17.1 Å². The zero-order valence-corrected chi connectivity index (χ0v) is 13.5. The Balaban J connectivity index is 1.61. The summed E-state index contributed by atoms with van der Waals surface area (Å²) in [5, 5.41) is 0. The third kappa shape index (κ3) is 5.22. The molecule has 0 aromatic carbocycles. The van der Waals surface area contributed by atoms with Crippen LogP contribution in [0.25, 0.3) is 0 Å². The first-order valence-electron chi connectivity index (χ1n) is 9.27. The molecule has 0 heterocycles. The Labute approximate surface area is 125 Å². The molecule has 2 saturated carbocycles. The van der Waals surface area contributed by atoms with Gasteiger partial charge in [0.2, 0.25) is 0 Å². The van der Waals surface area contributed by atoms with Gasteiger partial charge in [-0.15, -0.1) is 0 Å². The van der Waals surface area contributed by atoms with Crippen molar-refractivity contribution < 1.29 is 4.79 Å². The molecule has 0 saturated heterocycles. The van der Waals surface area contributed by atoms with E-state index in [1.165, 1.54) is 83.3 Å². The smallest absolute Gasteiger partial charge is 0.123 e.